The number of urea groups is 1. The molecule has 0 unspecified atom stereocenters. The van der Waals surface area contributed by atoms with Crippen LogP contribution in [0.1, 0.15) is 25.7 Å². The zero-order valence-corrected chi connectivity index (χ0v) is 11.7. The van der Waals surface area contributed by atoms with Crippen molar-refractivity contribution < 1.29 is 9.59 Å². The van der Waals surface area contributed by atoms with E-state index in [1.807, 2.05) is 0 Å². The van der Waals surface area contributed by atoms with Crippen molar-refractivity contribution in [1.82, 2.24) is 14.8 Å². The average Bonchev–Trinajstić information content (AvgIpc) is 3.00. The van der Waals surface area contributed by atoms with Crippen molar-refractivity contribution >= 4 is 17.6 Å². The Labute approximate surface area is 121 Å². The molecule has 21 heavy (non-hydrogen) atoms. The number of nitrogens with one attached hydrogen (secondary N) is 1. The van der Waals surface area contributed by atoms with Crippen LogP contribution in [0.5, 0.6) is 0 Å². The quantitative estimate of drug-likeness (QED) is 0.782. The molecule has 0 radical (unpaired) electrons. The Balaban J connectivity index is 1.73. The second kappa shape index (κ2) is 4.91. The number of carbonyl (C=O) groups excluding carboxylic acids is 2. The summed E-state index contributed by atoms with van der Waals surface area (Å²) < 4.78 is 1.41. The lowest BCUT2D eigenvalue weighted by molar-refractivity contribution is -0.131. The summed E-state index contributed by atoms with van der Waals surface area (Å²) in [7, 11) is 0. The Bertz CT molecular complexity index is 646. The number of rotatable bonds is 3. The first-order chi connectivity index (χ1) is 10.0. The van der Waals surface area contributed by atoms with Gasteiger partial charge in [0, 0.05) is 31.0 Å². The number of aromatic nitrogens is 1. The summed E-state index contributed by atoms with van der Waals surface area (Å²) in [5.74, 6) is -0.165. The molecule has 112 valence electrons. The predicted octanol–water partition coefficient (Wildman–Crippen LogP) is 0.295. The molecule has 0 aromatic carbocycles. The molecule has 1 saturated carbocycles. The number of nitrogen functional groups attached to an aromatic ring is 1. The third kappa shape index (κ3) is 2.28. The van der Waals surface area contributed by atoms with Crippen molar-refractivity contribution in [3.63, 3.8) is 0 Å². The fourth-order valence-electron chi connectivity index (χ4n) is 3.13. The molecule has 2 fully saturated rings. The highest BCUT2D eigenvalue weighted by molar-refractivity contribution is 6.07. The SMILES string of the molecule is Nc1ccc(=O)n(CCN2C(=O)NC3(CCCC3)C2=O)c1. The van der Waals surface area contributed by atoms with Crippen LogP contribution in [0.2, 0.25) is 0 Å². The number of hydrogen-bond acceptors (Lipinski definition) is 4. The number of anilines is 1. The fraction of sp³-hybridized carbons (Fsp3) is 0.500. The van der Waals surface area contributed by atoms with Crippen LogP contribution in [-0.4, -0.2) is 33.5 Å². The maximum Gasteiger partial charge on any atom is 0.325 e. The van der Waals surface area contributed by atoms with Gasteiger partial charge in [-0.1, -0.05) is 12.8 Å². The van der Waals surface area contributed by atoms with Crippen LogP contribution in [0.15, 0.2) is 23.1 Å². The lowest BCUT2D eigenvalue weighted by atomic mass is 9.98. The minimum absolute atomic E-state index is 0.165. The molecule has 0 atom stereocenters. The molecule has 1 aliphatic heterocycles. The highest BCUT2D eigenvalue weighted by Gasteiger charge is 2.52. The van der Waals surface area contributed by atoms with Gasteiger partial charge in [0.25, 0.3) is 11.5 Å². The van der Waals surface area contributed by atoms with Crippen LogP contribution >= 0.6 is 0 Å². The monoisotopic (exact) mass is 290 g/mol. The second-order valence-corrected chi connectivity index (χ2v) is 5.67. The first-order valence-electron chi connectivity index (χ1n) is 7.12. The topological polar surface area (TPSA) is 97.4 Å². The Morgan fingerprint density at radius 2 is 1.86 bits per heavy atom. The largest absolute Gasteiger partial charge is 0.398 e. The predicted molar refractivity (Wildman–Crippen MR) is 76.6 cm³/mol. The van der Waals surface area contributed by atoms with Gasteiger partial charge in [0.1, 0.15) is 5.54 Å². The molecule has 0 bridgehead atoms. The summed E-state index contributed by atoms with van der Waals surface area (Å²) in [6.07, 6.45) is 4.83. The smallest absolute Gasteiger partial charge is 0.325 e. The van der Waals surface area contributed by atoms with Crippen LogP contribution in [0, 0.1) is 0 Å². The summed E-state index contributed by atoms with van der Waals surface area (Å²) in [6.45, 7) is 0.425. The van der Waals surface area contributed by atoms with E-state index < -0.39 is 5.54 Å². The van der Waals surface area contributed by atoms with Crippen molar-refractivity contribution in [2.75, 3.05) is 12.3 Å². The maximum absolute atomic E-state index is 12.4. The molecule has 1 aliphatic carbocycles. The normalized spacial score (nSPS) is 20.3. The zero-order valence-electron chi connectivity index (χ0n) is 11.7. The number of hydrogen-bond donors (Lipinski definition) is 2. The van der Waals surface area contributed by atoms with E-state index in [0.29, 0.717) is 18.5 Å². The highest BCUT2D eigenvalue weighted by atomic mass is 16.2. The van der Waals surface area contributed by atoms with E-state index in [4.69, 9.17) is 5.73 Å². The van der Waals surface area contributed by atoms with Crippen molar-refractivity contribution in [3.05, 3.63) is 28.7 Å². The van der Waals surface area contributed by atoms with Gasteiger partial charge in [-0.05, 0) is 18.9 Å². The molecule has 7 heteroatoms. The Morgan fingerprint density at radius 1 is 1.14 bits per heavy atom. The fourth-order valence-corrected chi connectivity index (χ4v) is 3.13. The molecule has 1 spiro atoms. The van der Waals surface area contributed by atoms with Crippen LogP contribution in [0.25, 0.3) is 0 Å². The first kappa shape index (κ1) is 13.7. The number of imide groups is 1. The van der Waals surface area contributed by atoms with Gasteiger partial charge in [0.15, 0.2) is 0 Å². The zero-order chi connectivity index (χ0) is 15.0. The molecule has 7 nitrogen and oxygen atoms in total. The van der Waals surface area contributed by atoms with Crippen LogP contribution in [0.4, 0.5) is 10.5 Å². The van der Waals surface area contributed by atoms with E-state index in [0.717, 1.165) is 12.8 Å². The van der Waals surface area contributed by atoms with E-state index in [9.17, 15) is 14.4 Å². The second-order valence-electron chi connectivity index (χ2n) is 5.67. The standard InChI is InChI=1S/C14H18N4O3/c15-10-3-4-11(19)17(9-10)7-8-18-12(20)14(16-13(18)21)5-1-2-6-14/h3-4,9H,1-2,5-8,15H2,(H,16,21). The Morgan fingerprint density at radius 3 is 2.57 bits per heavy atom. The molecule has 3 N–H and O–H groups in total. The third-order valence-corrected chi connectivity index (χ3v) is 4.27. The van der Waals surface area contributed by atoms with Crippen LogP contribution < -0.4 is 16.6 Å². The van der Waals surface area contributed by atoms with E-state index >= 15 is 0 Å². The van der Waals surface area contributed by atoms with E-state index in [1.165, 1.54) is 27.8 Å². The molecule has 1 aromatic heterocycles. The number of nitrogens with two attached hydrogens (primary N) is 1. The van der Waals surface area contributed by atoms with Gasteiger partial charge in [-0.25, -0.2) is 4.79 Å². The lowest BCUT2D eigenvalue weighted by Gasteiger charge is -2.20. The summed E-state index contributed by atoms with van der Waals surface area (Å²) in [5, 5.41) is 2.82. The minimum Gasteiger partial charge on any atom is -0.398 e. The molecule has 1 saturated heterocycles. The molecule has 2 heterocycles. The molecule has 3 amide bonds. The highest BCUT2D eigenvalue weighted by Crippen LogP contribution is 2.34. The molecular weight excluding hydrogens is 272 g/mol. The Kier molecular flexibility index (Phi) is 3.19. The molecule has 3 rings (SSSR count). The summed E-state index contributed by atoms with van der Waals surface area (Å²) in [6, 6.07) is 2.54. The summed E-state index contributed by atoms with van der Waals surface area (Å²) in [4.78, 5) is 37.3. The van der Waals surface area contributed by atoms with Crippen molar-refractivity contribution in [1.29, 1.82) is 0 Å². The molecule has 2 aliphatic rings. The minimum atomic E-state index is -0.697. The van der Waals surface area contributed by atoms with Crippen molar-refractivity contribution in [3.8, 4) is 0 Å². The van der Waals surface area contributed by atoms with Gasteiger partial charge in [0.05, 0.1) is 0 Å². The van der Waals surface area contributed by atoms with Crippen molar-refractivity contribution in [2.24, 2.45) is 0 Å². The van der Waals surface area contributed by atoms with E-state index in [1.54, 1.807) is 0 Å². The average molecular weight is 290 g/mol. The van der Waals surface area contributed by atoms with Gasteiger partial charge in [-0.2, -0.15) is 0 Å². The number of amides is 3. The van der Waals surface area contributed by atoms with Gasteiger partial charge in [0.2, 0.25) is 0 Å². The van der Waals surface area contributed by atoms with E-state index in [2.05, 4.69) is 5.32 Å². The molecule has 1 aromatic rings. The third-order valence-electron chi connectivity index (χ3n) is 4.27. The Hall–Kier alpha value is -2.31. The van der Waals surface area contributed by atoms with Crippen LogP contribution in [-0.2, 0) is 11.3 Å². The summed E-state index contributed by atoms with van der Waals surface area (Å²) >= 11 is 0. The van der Waals surface area contributed by atoms with Gasteiger partial charge in [-0.15, -0.1) is 0 Å². The van der Waals surface area contributed by atoms with Gasteiger partial charge < -0.3 is 15.6 Å². The lowest BCUT2D eigenvalue weighted by Crippen LogP contribution is -2.44. The first-order valence-corrected chi connectivity index (χ1v) is 7.12. The van der Waals surface area contributed by atoms with Gasteiger partial charge in [-0.3, -0.25) is 14.5 Å². The number of pyridine rings is 1. The number of carbonyl (C=O) groups is 2. The van der Waals surface area contributed by atoms with Gasteiger partial charge >= 0.3 is 6.03 Å². The molecular formula is C14H18N4O3. The maximum atomic E-state index is 12.4. The van der Waals surface area contributed by atoms with Crippen molar-refractivity contribution in [2.45, 2.75) is 37.8 Å². The summed E-state index contributed by atoms with van der Waals surface area (Å²) in [5.41, 5.74) is 5.21. The van der Waals surface area contributed by atoms with E-state index in [-0.39, 0.29) is 30.6 Å². The van der Waals surface area contributed by atoms with Crippen LogP contribution in [0.3, 0.4) is 0 Å². The number of nitrogens with zero attached hydrogens (tertiary/aromatic N) is 2.